The molecule has 1 heterocycles. The Kier molecular flexibility index (Phi) is 7.72. The first-order chi connectivity index (χ1) is 14.9. The van der Waals surface area contributed by atoms with Gasteiger partial charge in [0.15, 0.2) is 5.82 Å². The first-order valence-electron chi connectivity index (χ1n) is 10.6. The maximum Gasteiger partial charge on any atom is 0.413 e. The zero-order valence-electron chi connectivity index (χ0n) is 18.1. The van der Waals surface area contributed by atoms with Crippen LogP contribution in [0.25, 0.3) is 5.70 Å². The van der Waals surface area contributed by atoms with Gasteiger partial charge >= 0.3 is 6.09 Å². The smallest absolute Gasteiger partial charge is 0.413 e. The van der Waals surface area contributed by atoms with Gasteiger partial charge in [-0.25, -0.2) is 10.6 Å². The number of nitrogens with two attached hydrogens (primary N) is 2. The summed E-state index contributed by atoms with van der Waals surface area (Å²) in [5.41, 5.74) is 7.82. The fourth-order valence-electron chi connectivity index (χ4n) is 3.53. The molecule has 166 valence electrons. The number of hydrazine groups is 1. The quantitative estimate of drug-likeness (QED) is 0.458. The second kappa shape index (κ2) is 10.7. The predicted molar refractivity (Wildman–Crippen MR) is 119 cm³/mol. The summed E-state index contributed by atoms with van der Waals surface area (Å²) in [5.74, 6) is 6.79. The van der Waals surface area contributed by atoms with E-state index in [9.17, 15) is 4.79 Å². The normalized spacial score (nSPS) is 16.1. The number of benzene rings is 1. The van der Waals surface area contributed by atoms with Crippen molar-refractivity contribution in [1.82, 2.24) is 15.3 Å². The number of carbonyl (C=O) groups excluding carboxylic acids is 1. The highest BCUT2D eigenvalue weighted by atomic mass is 16.6. The maximum absolute atomic E-state index is 12.4. The zero-order chi connectivity index (χ0) is 22.2. The zero-order valence-corrected chi connectivity index (χ0v) is 18.1. The molecule has 1 fully saturated rings. The molecule has 1 saturated carbocycles. The summed E-state index contributed by atoms with van der Waals surface area (Å²) in [6.45, 7) is 1.79. The van der Waals surface area contributed by atoms with E-state index in [2.05, 4.69) is 10.3 Å². The fourth-order valence-corrected chi connectivity index (χ4v) is 3.53. The molecule has 1 aliphatic rings. The molecule has 1 unspecified atom stereocenters. The van der Waals surface area contributed by atoms with Gasteiger partial charge in [-0.1, -0.05) is 36.8 Å². The van der Waals surface area contributed by atoms with Crippen LogP contribution in [-0.2, 0) is 4.74 Å². The number of aromatic nitrogens is 1. The van der Waals surface area contributed by atoms with Gasteiger partial charge in [-0.15, -0.1) is 0 Å². The van der Waals surface area contributed by atoms with Crippen molar-refractivity contribution in [2.45, 2.75) is 51.2 Å². The maximum atomic E-state index is 12.4. The third-order valence-electron chi connectivity index (χ3n) is 5.25. The summed E-state index contributed by atoms with van der Waals surface area (Å²) >= 11 is 0. The Morgan fingerprint density at radius 2 is 1.87 bits per heavy atom. The van der Waals surface area contributed by atoms with Crippen molar-refractivity contribution in [2.24, 2.45) is 11.6 Å². The van der Waals surface area contributed by atoms with E-state index in [4.69, 9.17) is 21.1 Å². The van der Waals surface area contributed by atoms with Gasteiger partial charge < -0.3 is 15.2 Å². The van der Waals surface area contributed by atoms with Crippen LogP contribution < -0.4 is 21.6 Å². The summed E-state index contributed by atoms with van der Waals surface area (Å²) < 4.78 is 11.4. The van der Waals surface area contributed by atoms with Crippen molar-refractivity contribution >= 4 is 11.8 Å². The number of ether oxygens (including phenoxy) is 2. The van der Waals surface area contributed by atoms with E-state index in [0.717, 1.165) is 18.4 Å². The Hall–Kier alpha value is -3.26. The van der Waals surface area contributed by atoms with Crippen LogP contribution in [0.5, 0.6) is 5.75 Å². The van der Waals surface area contributed by atoms with Gasteiger partial charge in [0.2, 0.25) is 0 Å². The van der Waals surface area contributed by atoms with Crippen LogP contribution in [0.3, 0.4) is 0 Å². The van der Waals surface area contributed by atoms with E-state index in [1.165, 1.54) is 24.3 Å². The van der Waals surface area contributed by atoms with Crippen LogP contribution in [0.4, 0.5) is 4.79 Å². The number of hydrogen-bond acceptors (Lipinski definition) is 7. The molecule has 2 aromatic rings. The molecule has 0 radical (unpaired) electrons. The van der Waals surface area contributed by atoms with Gasteiger partial charge in [-0.2, -0.15) is 0 Å². The van der Waals surface area contributed by atoms with E-state index in [1.54, 1.807) is 26.2 Å². The van der Waals surface area contributed by atoms with Crippen molar-refractivity contribution in [3.63, 3.8) is 0 Å². The molecule has 5 N–H and O–H groups in total. The number of pyridine rings is 1. The topological polar surface area (TPSA) is 116 Å². The lowest BCUT2D eigenvalue weighted by Crippen LogP contribution is -2.39. The molecule has 1 atom stereocenters. The molecule has 0 saturated heterocycles. The van der Waals surface area contributed by atoms with E-state index in [1.807, 2.05) is 36.4 Å². The second-order valence-corrected chi connectivity index (χ2v) is 7.71. The Balaban J connectivity index is 1.66. The number of hydrogen-bond donors (Lipinski definition) is 3. The number of nitrogens with zero attached hydrogens (tertiary/aromatic N) is 2. The van der Waals surface area contributed by atoms with Gasteiger partial charge in [-0.3, -0.25) is 15.3 Å². The minimum Gasteiger partial charge on any atom is -0.489 e. The van der Waals surface area contributed by atoms with Crippen LogP contribution in [-0.4, -0.2) is 29.2 Å². The third-order valence-corrected chi connectivity index (χ3v) is 5.25. The first-order valence-corrected chi connectivity index (χ1v) is 10.6. The lowest BCUT2D eigenvalue weighted by Gasteiger charge is -2.23. The molecule has 1 aliphatic carbocycles. The van der Waals surface area contributed by atoms with Crippen LogP contribution >= 0.6 is 0 Å². The summed E-state index contributed by atoms with van der Waals surface area (Å²) in [5, 5.41) is 3.84. The lowest BCUT2D eigenvalue weighted by molar-refractivity contribution is 0.107. The van der Waals surface area contributed by atoms with Crippen molar-refractivity contribution in [1.29, 1.82) is 0 Å². The molecule has 8 heteroatoms. The van der Waals surface area contributed by atoms with Crippen molar-refractivity contribution in [3.05, 3.63) is 65.7 Å². The van der Waals surface area contributed by atoms with Crippen LogP contribution in [0, 0.1) is 0 Å². The van der Waals surface area contributed by atoms with Crippen molar-refractivity contribution < 1.29 is 14.3 Å². The van der Waals surface area contributed by atoms with Gasteiger partial charge in [0.1, 0.15) is 17.6 Å². The van der Waals surface area contributed by atoms with Gasteiger partial charge in [0, 0.05) is 7.05 Å². The molecule has 1 aromatic heterocycles. The SMILES string of the molecule is CC(OC(=O)N/C(=C(/N)c1ccc(OC2CCCCC2)cn1)N(C)N)c1ccccc1. The molecule has 0 bridgehead atoms. The Morgan fingerprint density at radius 3 is 2.48 bits per heavy atom. The van der Waals surface area contributed by atoms with Gasteiger partial charge in [0.25, 0.3) is 0 Å². The molecular formula is C23H31N5O3. The molecule has 8 nitrogen and oxygen atoms in total. The fraction of sp³-hybridized carbons (Fsp3) is 0.391. The second-order valence-electron chi connectivity index (χ2n) is 7.71. The lowest BCUT2D eigenvalue weighted by atomic mass is 9.98. The molecule has 1 amide bonds. The van der Waals surface area contributed by atoms with Gasteiger partial charge in [-0.05, 0) is 50.3 Å². The van der Waals surface area contributed by atoms with Crippen LogP contribution in [0.2, 0.25) is 0 Å². The number of rotatable bonds is 7. The molecule has 0 spiro atoms. The number of nitrogens with one attached hydrogen (secondary N) is 1. The summed E-state index contributed by atoms with van der Waals surface area (Å²) in [7, 11) is 1.57. The Bertz CT molecular complexity index is 878. The Morgan fingerprint density at radius 1 is 1.16 bits per heavy atom. The molecule has 0 aliphatic heterocycles. The first kappa shape index (κ1) is 22.4. The highest BCUT2D eigenvalue weighted by molar-refractivity contribution is 5.74. The monoisotopic (exact) mass is 425 g/mol. The summed E-state index contributed by atoms with van der Waals surface area (Å²) in [4.78, 5) is 16.8. The molecular weight excluding hydrogens is 394 g/mol. The highest BCUT2D eigenvalue weighted by Gasteiger charge is 2.18. The minimum absolute atomic E-state index is 0.193. The number of carbonyl (C=O) groups is 1. The van der Waals surface area contributed by atoms with Crippen molar-refractivity contribution in [3.8, 4) is 5.75 Å². The molecule has 1 aromatic carbocycles. The average Bonchev–Trinajstić information content (AvgIpc) is 2.78. The molecule has 31 heavy (non-hydrogen) atoms. The minimum atomic E-state index is -0.663. The van der Waals surface area contributed by atoms with Crippen LogP contribution in [0.15, 0.2) is 54.5 Å². The van der Waals surface area contributed by atoms with E-state index >= 15 is 0 Å². The third kappa shape index (κ3) is 6.36. The molecule has 3 rings (SSSR count). The Labute approximate surface area is 183 Å². The summed E-state index contributed by atoms with van der Waals surface area (Å²) in [6, 6.07) is 13.0. The summed E-state index contributed by atoms with van der Waals surface area (Å²) in [6.07, 6.45) is 6.59. The largest absolute Gasteiger partial charge is 0.489 e. The van der Waals surface area contributed by atoms with Crippen molar-refractivity contribution in [2.75, 3.05) is 7.05 Å². The average molecular weight is 426 g/mol. The predicted octanol–water partition coefficient (Wildman–Crippen LogP) is 3.67. The van der Waals surface area contributed by atoms with E-state index < -0.39 is 12.2 Å². The highest BCUT2D eigenvalue weighted by Crippen LogP contribution is 2.24. The van der Waals surface area contributed by atoms with Gasteiger partial charge in [0.05, 0.1) is 18.0 Å². The van der Waals surface area contributed by atoms with E-state index in [0.29, 0.717) is 11.4 Å². The van der Waals surface area contributed by atoms with E-state index in [-0.39, 0.29) is 17.6 Å². The standard InChI is InChI=1S/C23H31N5O3/c1-16(17-9-5-3-6-10-17)30-23(29)27-22(28(2)25)21(24)20-14-13-19(15-26-20)31-18-11-7-4-8-12-18/h3,5-6,9-10,13-16,18H,4,7-8,11-12,24-25H2,1-2H3,(H,27,29)/b22-21-. The van der Waals surface area contributed by atoms with Crippen LogP contribution in [0.1, 0.15) is 56.4 Å². The number of amides is 1. The number of alkyl carbamates (subject to hydrolysis) is 1.